The Morgan fingerprint density at radius 3 is 2.88 bits per heavy atom. The first-order valence-corrected chi connectivity index (χ1v) is 8.59. The minimum absolute atomic E-state index is 0.159. The molecule has 6 nitrogen and oxygen atoms in total. The largest absolute Gasteiger partial charge is 0.441 e. The van der Waals surface area contributed by atoms with Gasteiger partial charge in [0.2, 0.25) is 0 Å². The van der Waals surface area contributed by atoms with Crippen molar-refractivity contribution in [3.8, 4) is 0 Å². The van der Waals surface area contributed by atoms with Crippen molar-refractivity contribution in [2.75, 3.05) is 23.3 Å². The third-order valence-corrected chi connectivity index (χ3v) is 4.44. The zero-order valence-corrected chi connectivity index (χ0v) is 14.2. The summed E-state index contributed by atoms with van der Waals surface area (Å²) in [6, 6.07) is 9.08. The molecule has 1 aliphatic rings. The number of fused-ring (bicyclic) bond motifs is 1. The Balaban J connectivity index is 1.59. The van der Waals surface area contributed by atoms with E-state index in [2.05, 4.69) is 20.2 Å². The number of rotatable bonds is 3. The van der Waals surface area contributed by atoms with Gasteiger partial charge in [-0.2, -0.15) is 0 Å². The third kappa shape index (κ3) is 3.20. The summed E-state index contributed by atoms with van der Waals surface area (Å²) < 4.78 is 5.47. The molecule has 1 aromatic carbocycles. The average Bonchev–Trinajstić information content (AvgIpc) is 3.02. The number of aromatic nitrogens is 2. The van der Waals surface area contributed by atoms with Gasteiger partial charge in [-0.25, -0.2) is 9.97 Å². The van der Waals surface area contributed by atoms with Crippen molar-refractivity contribution in [2.45, 2.75) is 26.2 Å². The average molecular weight is 336 g/mol. The van der Waals surface area contributed by atoms with E-state index >= 15 is 0 Å². The van der Waals surface area contributed by atoms with Gasteiger partial charge in [0, 0.05) is 31.9 Å². The molecule has 128 valence electrons. The van der Waals surface area contributed by atoms with Gasteiger partial charge in [-0.15, -0.1) is 0 Å². The molecule has 0 radical (unpaired) electrons. The molecule has 0 spiro atoms. The van der Waals surface area contributed by atoms with Gasteiger partial charge < -0.3 is 14.6 Å². The highest BCUT2D eigenvalue weighted by atomic mass is 16.3. The second-order valence-electron chi connectivity index (χ2n) is 6.29. The first-order valence-electron chi connectivity index (χ1n) is 8.59. The van der Waals surface area contributed by atoms with E-state index in [1.165, 1.54) is 6.42 Å². The Bertz CT molecular complexity index is 913. The highest BCUT2D eigenvalue weighted by Crippen LogP contribution is 2.24. The molecular formula is C19H20N4O2. The fraction of sp³-hybridized carbons (Fsp3) is 0.316. The van der Waals surface area contributed by atoms with Crippen molar-refractivity contribution in [1.29, 1.82) is 0 Å². The minimum Gasteiger partial charge on any atom is -0.441 e. The first kappa shape index (κ1) is 15.6. The van der Waals surface area contributed by atoms with Gasteiger partial charge in [-0.1, -0.05) is 0 Å². The zero-order valence-electron chi connectivity index (χ0n) is 14.2. The fourth-order valence-electron chi connectivity index (χ4n) is 3.25. The molecule has 1 saturated heterocycles. The summed E-state index contributed by atoms with van der Waals surface area (Å²) in [6.07, 6.45) is 5.26. The van der Waals surface area contributed by atoms with E-state index in [4.69, 9.17) is 4.42 Å². The number of anilines is 2. The van der Waals surface area contributed by atoms with Gasteiger partial charge in [-0.05, 0) is 49.6 Å². The molecule has 1 N–H and O–H groups in total. The normalized spacial score (nSPS) is 14.7. The smallest absolute Gasteiger partial charge is 0.259 e. The Morgan fingerprint density at radius 1 is 1.20 bits per heavy atom. The number of hydrogen-bond acceptors (Lipinski definition) is 5. The zero-order chi connectivity index (χ0) is 17.2. The maximum Gasteiger partial charge on any atom is 0.259 e. The van der Waals surface area contributed by atoms with Crippen LogP contribution in [-0.4, -0.2) is 29.0 Å². The van der Waals surface area contributed by atoms with E-state index in [1.54, 1.807) is 19.2 Å². The molecule has 6 heteroatoms. The van der Waals surface area contributed by atoms with Crippen LogP contribution in [0, 0.1) is 6.92 Å². The summed E-state index contributed by atoms with van der Waals surface area (Å²) in [5.74, 6) is 1.21. The summed E-state index contributed by atoms with van der Waals surface area (Å²) in [6.45, 7) is 3.70. The standard InChI is InChI=1S/C19H20N4O2/c1-13-21-16-12-14(7-8-17(16)25-13)22-19(24)15-6-5-9-20-18(15)23-10-3-2-4-11-23/h5-9,12H,2-4,10-11H2,1H3,(H,22,24). The van der Waals surface area contributed by atoms with Gasteiger partial charge in [0.05, 0.1) is 5.56 Å². The highest BCUT2D eigenvalue weighted by molar-refractivity contribution is 6.08. The van der Waals surface area contributed by atoms with Gasteiger partial charge in [0.25, 0.3) is 5.91 Å². The number of pyridine rings is 1. The summed E-state index contributed by atoms with van der Waals surface area (Å²) in [7, 11) is 0. The van der Waals surface area contributed by atoms with Gasteiger partial charge in [0.1, 0.15) is 11.3 Å². The third-order valence-electron chi connectivity index (χ3n) is 4.44. The lowest BCUT2D eigenvalue weighted by Gasteiger charge is -2.29. The first-order chi connectivity index (χ1) is 12.2. The number of carbonyl (C=O) groups excluding carboxylic acids is 1. The molecule has 0 saturated carbocycles. The molecule has 0 aliphatic carbocycles. The van der Waals surface area contributed by atoms with Crippen LogP contribution in [0.25, 0.3) is 11.1 Å². The van der Waals surface area contributed by atoms with Crippen molar-refractivity contribution in [2.24, 2.45) is 0 Å². The number of aryl methyl sites for hydroxylation is 1. The Hall–Kier alpha value is -2.89. The van der Waals surface area contributed by atoms with Crippen LogP contribution < -0.4 is 10.2 Å². The van der Waals surface area contributed by atoms with Crippen LogP contribution >= 0.6 is 0 Å². The predicted molar refractivity (Wildman–Crippen MR) is 97.0 cm³/mol. The van der Waals surface area contributed by atoms with Crippen LogP contribution in [0.5, 0.6) is 0 Å². The SMILES string of the molecule is Cc1nc2cc(NC(=O)c3cccnc3N3CCCCC3)ccc2o1. The number of nitrogens with one attached hydrogen (secondary N) is 1. The summed E-state index contributed by atoms with van der Waals surface area (Å²) in [5, 5.41) is 2.95. The monoisotopic (exact) mass is 336 g/mol. The summed E-state index contributed by atoms with van der Waals surface area (Å²) in [4.78, 5) is 23.8. The van der Waals surface area contributed by atoms with Gasteiger partial charge in [-0.3, -0.25) is 4.79 Å². The maximum atomic E-state index is 12.8. The topological polar surface area (TPSA) is 71.3 Å². The number of nitrogens with zero attached hydrogens (tertiary/aromatic N) is 3. The number of benzene rings is 1. The van der Waals surface area contributed by atoms with Crippen LogP contribution in [0.2, 0.25) is 0 Å². The summed E-state index contributed by atoms with van der Waals surface area (Å²) in [5.41, 5.74) is 2.74. The minimum atomic E-state index is -0.159. The van der Waals surface area contributed by atoms with Gasteiger partial charge >= 0.3 is 0 Å². The molecule has 3 heterocycles. The number of carbonyl (C=O) groups is 1. The molecule has 1 aliphatic heterocycles. The molecule has 1 amide bonds. The lowest BCUT2D eigenvalue weighted by atomic mass is 10.1. The van der Waals surface area contributed by atoms with Crippen molar-refractivity contribution in [1.82, 2.24) is 9.97 Å². The van der Waals surface area contributed by atoms with Crippen molar-refractivity contribution in [3.05, 3.63) is 48.0 Å². The van der Waals surface area contributed by atoms with Crippen LogP contribution in [0.1, 0.15) is 35.5 Å². The summed E-state index contributed by atoms with van der Waals surface area (Å²) >= 11 is 0. The Morgan fingerprint density at radius 2 is 2.04 bits per heavy atom. The molecule has 0 unspecified atom stereocenters. The second kappa shape index (κ2) is 6.55. The molecule has 3 aromatic rings. The molecule has 4 rings (SSSR count). The number of piperidine rings is 1. The maximum absolute atomic E-state index is 12.8. The molecule has 0 bridgehead atoms. The van der Waals surface area contributed by atoms with Crippen molar-refractivity contribution in [3.63, 3.8) is 0 Å². The molecule has 1 fully saturated rings. The van der Waals surface area contributed by atoms with E-state index in [1.807, 2.05) is 24.3 Å². The van der Waals surface area contributed by atoms with E-state index in [9.17, 15) is 4.79 Å². The Kier molecular flexibility index (Phi) is 4.09. The van der Waals surface area contributed by atoms with Crippen LogP contribution in [-0.2, 0) is 0 Å². The lowest BCUT2D eigenvalue weighted by molar-refractivity contribution is 0.102. The second-order valence-corrected chi connectivity index (χ2v) is 6.29. The predicted octanol–water partition coefficient (Wildman–Crippen LogP) is 3.77. The van der Waals surface area contributed by atoms with Crippen LogP contribution in [0.4, 0.5) is 11.5 Å². The van der Waals surface area contributed by atoms with E-state index in [0.717, 1.165) is 37.3 Å². The molecular weight excluding hydrogens is 316 g/mol. The van der Waals surface area contributed by atoms with Crippen molar-refractivity contribution < 1.29 is 9.21 Å². The lowest BCUT2D eigenvalue weighted by Crippen LogP contribution is -2.32. The molecule has 25 heavy (non-hydrogen) atoms. The molecule has 2 aromatic heterocycles. The van der Waals surface area contributed by atoms with Crippen molar-refractivity contribution >= 4 is 28.5 Å². The van der Waals surface area contributed by atoms with E-state index < -0.39 is 0 Å². The Labute approximate surface area is 145 Å². The van der Waals surface area contributed by atoms with Gasteiger partial charge in [0.15, 0.2) is 11.5 Å². The van der Waals surface area contributed by atoms with Crippen LogP contribution in [0.15, 0.2) is 40.9 Å². The number of hydrogen-bond donors (Lipinski definition) is 1. The number of amides is 1. The quantitative estimate of drug-likeness (QED) is 0.788. The van der Waals surface area contributed by atoms with E-state index in [-0.39, 0.29) is 5.91 Å². The van der Waals surface area contributed by atoms with Crippen LogP contribution in [0.3, 0.4) is 0 Å². The highest BCUT2D eigenvalue weighted by Gasteiger charge is 2.19. The van der Waals surface area contributed by atoms with E-state index in [0.29, 0.717) is 22.7 Å². The molecule has 0 atom stereocenters. The number of oxazole rings is 1. The fourth-order valence-corrected chi connectivity index (χ4v) is 3.25.